The number of hydrogen-bond donors (Lipinski definition) is 3. The zero-order valence-corrected chi connectivity index (χ0v) is 26.6. The predicted molar refractivity (Wildman–Crippen MR) is 158 cm³/mol. The van der Waals surface area contributed by atoms with Gasteiger partial charge in [0.1, 0.15) is 0 Å². The minimum absolute atomic E-state index is 0. The molecule has 0 saturated heterocycles. The van der Waals surface area contributed by atoms with Gasteiger partial charge in [-0.3, -0.25) is 0 Å². The smallest absolute Gasteiger partial charge is 0.241 e. The number of unbranched alkanes of at least 4 members (excludes halogenated alkanes) is 1. The second kappa shape index (κ2) is 17.4. The van der Waals surface area contributed by atoms with Crippen LogP contribution < -0.4 is 28.6 Å². The molecular formula is C32H40ClN3O2RuS. The van der Waals surface area contributed by atoms with Crippen LogP contribution in [0, 0.1) is 13.8 Å². The Morgan fingerprint density at radius 1 is 0.650 bits per heavy atom. The Morgan fingerprint density at radius 3 is 1.65 bits per heavy atom. The summed E-state index contributed by atoms with van der Waals surface area (Å²) in [5, 5.41) is 3.69. The van der Waals surface area contributed by atoms with Crippen LogP contribution in [0.15, 0.2) is 114 Å². The van der Waals surface area contributed by atoms with E-state index in [2.05, 4.69) is 53.4 Å². The monoisotopic (exact) mass is 667 g/mol. The predicted octanol–water partition coefficient (Wildman–Crippen LogP) is 4.05. The molecule has 0 heterocycles. The van der Waals surface area contributed by atoms with Crippen LogP contribution in [0.5, 0.6) is 0 Å². The minimum atomic E-state index is -3.74. The fraction of sp³-hybridized carbons (Fsp3) is 0.250. The number of hydrogen-bond acceptors (Lipinski definition) is 3. The van der Waals surface area contributed by atoms with Gasteiger partial charge in [-0.2, -0.15) is 0 Å². The van der Waals surface area contributed by atoms with E-state index in [1.54, 1.807) is 12.1 Å². The number of quaternary nitrogens is 1. The first-order valence-electron chi connectivity index (χ1n) is 12.9. The standard InChI is InChI=1S/C32H36N2O2S.ClH.H3N.Ru/c1-25-16-20-27(21-17-25)11-9-10-24-33-31(28-12-5-3-6-13-28)32(29-14-7-4-8-15-29)34-37(35,36)30-22-18-26(2)19-23-30;;;/h3-8,12-23,31-34H,9-11,24H2,1-2H3;1H;1H3;/t31-,32-;;;/m0.../s1. The Hall–Kier alpha value is -2.38. The van der Waals surface area contributed by atoms with E-state index in [9.17, 15) is 8.42 Å². The van der Waals surface area contributed by atoms with E-state index >= 15 is 0 Å². The van der Waals surface area contributed by atoms with Gasteiger partial charge in [0, 0.05) is 19.5 Å². The van der Waals surface area contributed by atoms with Crippen molar-refractivity contribution in [1.29, 1.82) is 0 Å². The van der Waals surface area contributed by atoms with Crippen molar-refractivity contribution in [1.82, 2.24) is 16.2 Å². The van der Waals surface area contributed by atoms with E-state index in [1.165, 1.54) is 11.1 Å². The molecule has 0 spiro atoms. The summed E-state index contributed by atoms with van der Waals surface area (Å²) in [4.78, 5) is 0.268. The molecule has 0 aromatic heterocycles. The Morgan fingerprint density at radius 2 is 1.12 bits per heavy atom. The van der Waals surface area contributed by atoms with Crippen LogP contribution >= 0.6 is 0 Å². The fourth-order valence-electron chi connectivity index (χ4n) is 4.50. The molecule has 4 rings (SSSR count). The van der Waals surface area contributed by atoms with Gasteiger partial charge in [0.25, 0.3) is 0 Å². The maximum Gasteiger partial charge on any atom is 0.241 e. The van der Waals surface area contributed by atoms with Crippen molar-refractivity contribution in [3.63, 3.8) is 0 Å². The quantitative estimate of drug-likeness (QED) is 0.157. The second-order valence-corrected chi connectivity index (χ2v) is 11.3. The molecule has 4 aromatic rings. The molecule has 0 bridgehead atoms. The molecule has 0 radical (unpaired) electrons. The molecule has 0 amide bonds. The minimum Gasteiger partial charge on any atom is -1.00 e. The van der Waals surface area contributed by atoms with Crippen molar-refractivity contribution in [2.24, 2.45) is 0 Å². The first-order chi connectivity index (χ1) is 17.9. The van der Waals surface area contributed by atoms with E-state index in [1.807, 2.05) is 67.6 Å². The number of aryl methyl sites for hydroxylation is 3. The zero-order valence-electron chi connectivity index (χ0n) is 23.3. The molecule has 0 fully saturated rings. The van der Waals surface area contributed by atoms with Gasteiger partial charge in [-0.05, 0) is 68.5 Å². The van der Waals surface area contributed by atoms with Crippen molar-refractivity contribution >= 4 is 10.0 Å². The van der Waals surface area contributed by atoms with Crippen LogP contribution in [-0.2, 0) is 35.9 Å². The Bertz CT molecular complexity index is 1360. The van der Waals surface area contributed by atoms with Gasteiger partial charge >= 0.3 is 0 Å². The van der Waals surface area contributed by atoms with Crippen LogP contribution in [0.3, 0.4) is 0 Å². The summed E-state index contributed by atoms with van der Waals surface area (Å²) in [6, 6.07) is 34.9. The summed E-state index contributed by atoms with van der Waals surface area (Å²) >= 11 is 0. The molecule has 0 unspecified atom stereocenters. The first-order valence-corrected chi connectivity index (χ1v) is 14.4. The molecule has 0 aliphatic carbocycles. The van der Waals surface area contributed by atoms with Gasteiger partial charge < -0.3 is 23.9 Å². The van der Waals surface area contributed by atoms with E-state index < -0.39 is 16.1 Å². The summed E-state index contributed by atoms with van der Waals surface area (Å²) in [5.74, 6) is 0. The summed E-state index contributed by atoms with van der Waals surface area (Å²) < 4.78 is 30.0. The first kappa shape index (κ1) is 35.6. The van der Waals surface area contributed by atoms with E-state index in [4.69, 9.17) is 0 Å². The largest absolute Gasteiger partial charge is 1.00 e. The van der Waals surface area contributed by atoms with E-state index in [-0.39, 0.29) is 49.0 Å². The molecule has 0 saturated carbocycles. The zero-order chi connectivity index (χ0) is 26.1. The average Bonchev–Trinajstić information content (AvgIpc) is 2.92. The number of benzene rings is 4. The third-order valence-corrected chi connectivity index (χ3v) is 8.10. The summed E-state index contributed by atoms with van der Waals surface area (Å²) in [5.41, 5.74) is 5.60. The van der Waals surface area contributed by atoms with Gasteiger partial charge in [0.05, 0.1) is 17.0 Å². The molecule has 4 aromatic carbocycles. The molecule has 5 nitrogen and oxygen atoms in total. The third kappa shape index (κ3) is 10.2. The van der Waals surface area contributed by atoms with Crippen molar-refractivity contribution in [2.75, 3.05) is 6.54 Å². The molecule has 2 atom stereocenters. The van der Waals surface area contributed by atoms with Crippen molar-refractivity contribution in [2.45, 2.75) is 50.1 Å². The Labute approximate surface area is 259 Å². The average molecular weight is 667 g/mol. The maximum absolute atomic E-state index is 13.5. The van der Waals surface area contributed by atoms with Gasteiger partial charge in [0.15, 0.2) is 0 Å². The number of rotatable bonds is 12. The summed E-state index contributed by atoms with van der Waals surface area (Å²) in [7, 11) is -3.74. The Kier molecular flexibility index (Phi) is 15.5. The van der Waals surface area contributed by atoms with Gasteiger partial charge in [-0.15, -0.1) is 0 Å². The van der Waals surface area contributed by atoms with Crippen LogP contribution in [-0.4, -0.2) is 15.0 Å². The molecule has 216 valence electrons. The second-order valence-electron chi connectivity index (χ2n) is 9.61. The van der Waals surface area contributed by atoms with E-state index in [0.29, 0.717) is 0 Å². The van der Waals surface area contributed by atoms with Crippen LogP contribution in [0.4, 0.5) is 0 Å². The molecule has 0 aliphatic rings. The summed E-state index contributed by atoms with van der Waals surface area (Å²) in [6.07, 6.45) is 3.08. The third-order valence-electron chi connectivity index (χ3n) is 6.64. The maximum atomic E-state index is 13.5. The van der Waals surface area contributed by atoms with Gasteiger partial charge in [-0.25, -0.2) is 13.1 Å². The van der Waals surface area contributed by atoms with Gasteiger partial charge in [-0.1, -0.05) is 108 Å². The molecule has 0 aliphatic heterocycles. The fourth-order valence-corrected chi connectivity index (χ4v) is 5.73. The van der Waals surface area contributed by atoms with E-state index in [0.717, 1.165) is 42.5 Å². The SMILES string of the molecule is Cc1ccc(CCCCN[C@@H](c2ccccc2)[C@@H](NS(=O)(=O)c2ccc(C)cc2)c2ccccc2)cc1.[Cl-].[NH4+].[Ru]. The molecule has 8 heteroatoms. The number of nitrogens with one attached hydrogen (secondary N) is 2. The van der Waals surface area contributed by atoms with Crippen LogP contribution in [0.1, 0.15) is 52.7 Å². The molecule has 6 N–H and O–H groups in total. The number of sulfonamides is 1. The van der Waals surface area contributed by atoms with Crippen molar-refractivity contribution in [3.05, 3.63) is 137 Å². The van der Waals surface area contributed by atoms with Crippen LogP contribution in [0.2, 0.25) is 0 Å². The normalized spacial score (nSPS) is 12.2. The molecular weight excluding hydrogens is 627 g/mol. The Balaban J connectivity index is 0.00000267. The van der Waals surface area contributed by atoms with Crippen LogP contribution in [0.25, 0.3) is 0 Å². The van der Waals surface area contributed by atoms with Crippen molar-refractivity contribution in [3.8, 4) is 0 Å². The summed E-state index contributed by atoms with van der Waals surface area (Å²) in [6.45, 7) is 4.83. The van der Waals surface area contributed by atoms with Gasteiger partial charge in [0.2, 0.25) is 10.0 Å². The van der Waals surface area contributed by atoms with Crippen molar-refractivity contribution < 1.29 is 40.3 Å². The number of halogens is 1. The topological polar surface area (TPSA) is 94.7 Å². The molecule has 40 heavy (non-hydrogen) atoms.